The second-order valence-corrected chi connectivity index (χ2v) is 10.2. The average Bonchev–Trinajstić information content (AvgIpc) is 3.58. The van der Waals surface area contributed by atoms with Gasteiger partial charge in [-0.15, -0.1) is 0 Å². The average molecular weight is 507 g/mol. The number of aliphatic hydroxyl groups is 1. The van der Waals surface area contributed by atoms with Crippen molar-refractivity contribution in [1.29, 1.82) is 0 Å². The number of hydrogen-bond acceptors (Lipinski definition) is 5. The van der Waals surface area contributed by atoms with Gasteiger partial charge in [0.25, 0.3) is 5.91 Å². The van der Waals surface area contributed by atoms with Gasteiger partial charge in [0, 0.05) is 15.5 Å². The first-order valence-corrected chi connectivity index (χ1v) is 12.6. The first-order chi connectivity index (χ1) is 17.8. The topological polar surface area (TPSA) is 96.9 Å². The number of ether oxygens (including phenoxy) is 2. The summed E-state index contributed by atoms with van der Waals surface area (Å²) < 4.78 is 10.9. The molecule has 1 fully saturated rings. The molecule has 2 amide bonds. The van der Waals surface area contributed by atoms with Crippen LogP contribution in [0.5, 0.6) is 11.5 Å². The van der Waals surface area contributed by atoms with Crippen LogP contribution in [0.1, 0.15) is 52.5 Å². The lowest BCUT2D eigenvalue weighted by Crippen LogP contribution is -2.41. The Kier molecular flexibility index (Phi) is 6.65. The fourth-order valence-electron chi connectivity index (χ4n) is 4.70. The van der Waals surface area contributed by atoms with E-state index in [1.807, 2.05) is 69.3 Å². The molecule has 2 aliphatic rings. The minimum Gasteiger partial charge on any atom is -0.454 e. The smallest absolute Gasteiger partial charge is 0.251 e. The van der Waals surface area contributed by atoms with Crippen LogP contribution < -0.4 is 20.1 Å². The van der Waals surface area contributed by atoms with Crippen LogP contribution in [0.25, 0.3) is 11.1 Å². The molecular formula is C30H38N2O5. The number of aryl methyl sites for hydroxylation is 1. The van der Waals surface area contributed by atoms with E-state index in [1.54, 1.807) is 12.1 Å². The second-order valence-electron chi connectivity index (χ2n) is 10.2. The number of carbonyl (C=O) groups is 2. The van der Waals surface area contributed by atoms with Crippen molar-refractivity contribution in [3.8, 4) is 22.6 Å². The van der Waals surface area contributed by atoms with E-state index in [-0.39, 0.29) is 41.5 Å². The third-order valence-electron chi connectivity index (χ3n) is 7.38. The van der Waals surface area contributed by atoms with Crippen molar-refractivity contribution in [1.82, 2.24) is 5.32 Å². The van der Waals surface area contributed by atoms with Gasteiger partial charge in [-0.3, -0.25) is 9.59 Å². The maximum Gasteiger partial charge on any atom is 0.251 e. The number of carbonyl (C=O) groups excluding carboxylic acids is 2. The van der Waals surface area contributed by atoms with Crippen LogP contribution in [0.2, 0.25) is 0 Å². The molecule has 1 aliphatic heterocycles. The Morgan fingerprint density at radius 1 is 1.00 bits per heavy atom. The van der Waals surface area contributed by atoms with Gasteiger partial charge in [-0.2, -0.15) is 0 Å². The maximum atomic E-state index is 13.4. The molecule has 1 saturated carbocycles. The highest BCUT2D eigenvalue weighted by Crippen LogP contribution is 2.51. The van der Waals surface area contributed by atoms with Gasteiger partial charge in [0.15, 0.2) is 11.5 Å². The number of nitrogens with one attached hydrogen (secondary N) is 2. The number of fused-ring (bicyclic) bond motifs is 1. The molecule has 0 saturated heterocycles. The van der Waals surface area contributed by atoms with Crippen LogP contribution in [0.3, 0.4) is 0 Å². The molecule has 3 N–H and O–H groups in total. The summed E-state index contributed by atoms with van der Waals surface area (Å²) in [4.78, 5) is 26.0. The molecular weight excluding hydrogens is 468 g/mol. The minimum absolute atomic E-state index is 0. The van der Waals surface area contributed by atoms with E-state index in [9.17, 15) is 14.7 Å². The third kappa shape index (κ3) is 4.91. The summed E-state index contributed by atoms with van der Waals surface area (Å²) in [7, 11) is 0. The summed E-state index contributed by atoms with van der Waals surface area (Å²) in [5.41, 5.74) is 4.64. The fraction of sp³-hybridized carbons (Fsp3) is 0.333. The SMILES string of the molecule is Cc1ccc(NC(=O)C2(c3ccc4c(c3)OCO4)CC2)cc1-c1ccc(C(=O)N[C@@H](CO)C(C)C)cc1.[HH].[HH].[HH]. The summed E-state index contributed by atoms with van der Waals surface area (Å²) in [6, 6.07) is 18.7. The largest absolute Gasteiger partial charge is 0.454 e. The summed E-state index contributed by atoms with van der Waals surface area (Å²) in [5, 5.41) is 15.5. The van der Waals surface area contributed by atoms with Crippen molar-refractivity contribution >= 4 is 17.5 Å². The predicted octanol–water partition coefficient (Wildman–Crippen LogP) is 5.55. The van der Waals surface area contributed by atoms with Crippen molar-refractivity contribution in [2.45, 2.75) is 45.1 Å². The van der Waals surface area contributed by atoms with Gasteiger partial charge in [-0.1, -0.05) is 38.1 Å². The highest BCUT2D eigenvalue weighted by Gasteiger charge is 2.51. The maximum absolute atomic E-state index is 13.4. The van der Waals surface area contributed by atoms with Crippen molar-refractivity contribution in [3.63, 3.8) is 0 Å². The van der Waals surface area contributed by atoms with Crippen LogP contribution in [-0.2, 0) is 10.2 Å². The molecule has 1 aliphatic carbocycles. The lowest BCUT2D eigenvalue weighted by atomic mass is 9.94. The number of anilines is 1. The third-order valence-corrected chi connectivity index (χ3v) is 7.38. The molecule has 37 heavy (non-hydrogen) atoms. The molecule has 0 spiro atoms. The van der Waals surface area contributed by atoms with Gasteiger partial charge in [0.1, 0.15) is 0 Å². The standard InChI is InChI=1S/C30H32N2O5.3H2/c1-18(2)25(16-33)32-28(34)21-7-5-20(6-8-21)24-15-23(10-4-19(24)3)31-29(35)30(12-13-30)22-9-11-26-27(14-22)37-17-36-26;;;/h4-11,14-15,18,25,33H,12-13,16-17H2,1-3H3,(H,31,35)(H,32,34);3*1H/t25-;;;/m0.../s1. The molecule has 3 aromatic carbocycles. The highest BCUT2D eigenvalue weighted by atomic mass is 16.7. The molecule has 1 heterocycles. The Bertz CT molecular complexity index is 1340. The van der Waals surface area contributed by atoms with E-state index in [0.29, 0.717) is 17.1 Å². The first kappa shape index (κ1) is 24.8. The van der Waals surface area contributed by atoms with Crippen LogP contribution in [0, 0.1) is 12.8 Å². The van der Waals surface area contributed by atoms with Crippen molar-refractivity contribution in [2.75, 3.05) is 18.7 Å². The molecule has 0 aromatic heterocycles. The van der Waals surface area contributed by atoms with E-state index in [1.165, 1.54) is 0 Å². The quantitative estimate of drug-likeness (QED) is 0.372. The highest BCUT2D eigenvalue weighted by molar-refractivity contribution is 6.02. The Labute approximate surface area is 221 Å². The fourth-order valence-corrected chi connectivity index (χ4v) is 4.70. The first-order valence-electron chi connectivity index (χ1n) is 12.6. The van der Waals surface area contributed by atoms with E-state index in [0.717, 1.165) is 40.8 Å². The van der Waals surface area contributed by atoms with Crippen LogP contribution in [0.15, 0.2) is 60.7 Å². The molecule has 5 rings (SSSR count). The lowest BCUT2D eigenvalue weighted by Gasteiger charge is -2.20. The molecule has 7 nitrogen and oxygen atoms in total. The number of hydrogen-bond donors (Lipinski definition) is 3. The Hall–Kier alpha value is -3.84. The van der Waals surface area contributed by atoms with Gasteiger partial charge in [-0.25, -0.2) is 0 Å². The minimum atomic E-state index is -0.552. The predicted molar refractivity (Wildman–Crippen MR) is 148 cm³/mol. The van der Waals surface area contributed by atoms with Gasteiger partial charge in [0.05, 0.1) is 18.1 Å². The van der Waals surface area contributed by atoms with Gasteiger partial charge < -0.3 is 25.2 Å². The van der Waals surface area contributed by atoms with Crippen LogP contribution in [0.4, 0.5) is 5.69 Å². The van der Waals surface area contributed by atoms with Crippen LogP contribution >= 0.6 is 0 Å². The molecule has 0 bridgehead atoms. The van der Waals surface area contributed by atoms with Gasteiger partial charge in [-0.05, 0) is 84.3 Å². The molecule has 198 valence electrons. The number of amides is 2. The molecule has 0 unspecified atom stereocenters. The molecule has 3 aromatic rings. The van der Waals surface area contributed by atoms with E-state index in [4.69, 9.17) is 9.47 Å². The molecule has 7 heteroatoms. The van der Waals surface area contributed by atoms with Gasteiger partial charge >= 0.3 is 0 Å². The second kappa shape index (κ2) is 9.90. The zero-order chi connectivity index (χ0) is 26.2. The van der Waals surface area contributed by atoms with E-state index in [2.05, 4.69) is 10.6 Å². The van der Waals surface area contributed by atoms with Crippen LogP contribution in [-0.4, -0.2) is 36.4 Å². The van der Waals surface area contributed by atoms with Crippen molar-refractivity contribution in [2.24, 2.45) is 5.92 Å². The number of rotatable bonds is 8. The van der Waals surface area contributed by atoms with Gasteiger partial charge in [0.2, 0.25) is 12.7 Å². The molecule has 0 radical (unpaired) electrons. The normalized spacial score (nSPS) is 15.8. The zero-order valence-electron chi connectivity index (χ0n) is 21.3. The Balaban J connectivity index is 0.00000187. The Morgan fingerprint density at radius 2 is 1.73 bits per heavy atom. The lowest BCUT2D eigenvalue weighted by molar-refractivity contribution is -0.118. The summed E-state index contributed by atoms with van der Waals surface area (Å²) in [5.74, 6) is 1.28. The van der Waals surface area contributed by atoms with E-state index < -0.39 is 5.41 Å². The summed E-state index contributed by atoms with van der Waals surface area (Å²) in [6.45, 7) is 6.04. The number of aliphatic hydroxyl groups excluding tert-OH is 1. The summed E-state index contributed by atoms with van der Waals surface area (Å²) >= 11 is 0. The summed E-state index contributed by atoms with van der Waals surface area (Å²) in [6.07, 6.45) is 1.57. The molecule has 1 atom stereocenters. The van der Waals surface area contributed by atoms with E-state index >= 15 is 0 Å². The van der Waals surface area contributed by atoms with Crippen molar-refractivity contribution in [3.05, 3.63) is 77.4 Å². The Morgan fingerprint density at radius 3 is 2.41 bits per heavy atom. The number of benzene rings is 3. The monoisotopic (exact) mass is 506 g/mol. The zero-order valence-corrected chi connectivity index (χ0v) is 21.3. The van der Waals surface area contributed by atoms with Crippen molar-refractivity contribution < 1.29 is 28.4 Å².